The lowest BCUT2D eigenvalue weighted by Crippen LogP contribution is -2.59. The van der Waals surface area contributed by atoms with Gasteiger partial charge in [-0.25, -0.2) is 5.14 Å². The Morgan fingerprint density at radius 2 is 1.53 bits per heavy atom. The van der Waals surface area contributed by atoms with E-state index in [1.807, 2.05) is 0 Å². The van der Waals surface area contributed by atoms with Crippen molar-refractivity contribution in [2.45, 2.75) is 31.2 Å². The molecular weight excluding hydrogens is 292 g/mol. The van der Waals surface area contributed by atoms with Crippen LogP contribution >= 0.6 is 12.4 Å². The highest BCUT2D eigenvalue weighted by molar-refractivity contribution is 7.86. The number of carbonyl (C=O) groups excluding carboxylic acids is 1. The third kappa shape index (κ3) is 3.57. The van der Waals surface area contributed by atoms with Gasteiger partial charge < -0.3 is 10.6 Å². The first-order chi connectivity index (χ1) is 8.33. The van der Waals surface area contributed by atoms with Gasteiger partial charge in [0, 0.05) is 26.2 Å². The Bertz CT molecular complexity index is 428. The second-order valence-electron chi connectivity index (χ2n) is 5.10. The summed E-state index contributed by atoms with van der Waals surface area (Å²) in [6.07, 6.45) is 3.42. The molecule has 1 aliphatic carbocycles. The molecule has 2 aliphatic rings. The average Bonchev–Trinajstić information content (AvgIpc) is 2.75. The lowest BCUT2D eigenvalue weighted by atomic mass is 9.97. The van der Waals surface area contributed by atoms with Crippen molar-refractivity contribution < 1.29 is 13.2 Å². The van der Waals surface area contributed by atoms with Crippen molar-refractivity contribution >= 4 is 28.5 Å². The molecule has 0 aromatic rings. The first-order valence-electron chi connectivity index (χ1n) is 6.19. The first kappa shape index (κ1) is 16.6. The van der Waals surface area contributed by atoms with Crippen LogP contribution in [0.4, 0.5) is 0 Å². The van der Waals surface area contributed by atoms with Gasteiger partial charge in [0.05, 0.1) is 5.54 Å². The molecule has 1 saturated heterocycles. The van der Waals surface area contributed by atoms with Crippen LogP contribution in [0.5, 0.6) is 0 Å². The summed E-state index contributed by atoms with van der Waals surface area (Å²) >= 11 is 0. The third-order valence-electron chi connectivity index (χ3n) is 3.81. The van der Waals surface area contributed by atoms with E-state index in [0.29, 0.717) is 13.1 Å². The van der Waals surface area contributed by atoms with Gasteiger partial charge in [-0.3, -0.25) is 4.79 Å². The number of hydrogen-bond acceptors (Lipinski definition) is 4. The van der Waals surface area contributed by atoms with Crippen molar-refractivity contribution in [3.8, 4) is 0 Å². The van der Waals surface area contributed by atoms with E-state index in [2.05, 4.69) is 0 Å². The molecule has 2 fully saturated rings. The van der Waals surface area contributed by atoms with E-state index in [4.69, 9.17) is 10.9 Å². The van der Waals surface area contributed by atoms with Gasteiger partial charge in [-0.2, -0.15) is 12.7 Å². The minimum Gasteiger partial charge on any atom is -0.338 e. The molecule has 2 rings (SSSR count). The number of hydrogen-bond donors (Lipinski definition) is 2. The van der Waals surface area contributed by atoms with E-state index in [1.54, 1.807) is 4.90 Å². The Morgan fingerprint density at radius 1 is 1.05 bits per heavy atom. The molecule has 19 heavy (non-hydrogen) atoms. The highest BCUT2D eigenvalue weighted by Crippen LogP contribution is 2.29. The standard InChI is InChI=1S/C10H20N4O3S.ClH/c11-10(3-1-2-4-10)9(15)13-5-7-14(8-6-13)18(12,16)17;/h1-8,11H2,(H2,12,16,17);1H. The number of nitrogens with two attached hydrogens (primary N) is 2. The summed E-state index contributed by atoms with van der Waals surface area (Å²) < 4.78 is 23.5. The Kier molecular flexibility index (Phi) is 5.19. The number of amides is 1. The Labute approximate surface area is 119 Å². The fraction of sp³-hybridized carbons (Fsp3) is 0.900. The number of rotatable bonds is 2. The van der Waals surface area contributed by atoms with E-state index in [1.165, 1.54) is 4.31 Å². The van der Waals surface area contributed by atoms with Crippen molar-refractivity contribution in [2.24, 2.45) is 10.9 Å². The minimum atomic E-state index is -3.65. The van der Waals surface area contributed by atoms with E-state index < -0.39 is 15.7 Å². The summed E-state index contributed by atoms with van der Waals surface area (Å²) in [6, 6.07) is 0. The van der Waals surface area contributed by atoms with Gasteiger partial charge in [-0.15, -0.1) is 12.4 Å². The van der Waals surface area contributed by atoms with Crippen molar-refractivity contribution in [3.63, 3.8) is 0 Å². The largest absolute Gasteiger partial charge is 0.338 e. The SMILES string of the molecule is Cl.NC1(C(=O)N2CCN(S(N)(=O)=O)CC2)CCCC1. The van der Waals surface area contributed by atoms with Crippen molar-refractivity contribution in [1.29, 1.82) is 0 Å². The molecule has 112 valence electrons. The van der Waals surface area contributed by atoms with Gasteiger partial charge >= 0.3 is 0 Å². The molecule has 7 nitrogen and oxygen atoms in total. The highest BCUT2D eigenvalue weighted by Gasteiger charge is 2.41. The molecule has 0 bridgehead atoms. The zero-order chi connectivity index (χ0) is 13.4. The molecule has 1 saturated carbocycles. The Morgan fingerprint density at radius 3 is 1.95 bits per heavy atom. The molecule has 0 atom stereocenters. The van der Waals surface area contributed by atoms with Crippen LogP contribution in [0.25, 0.3) is 0 Å². The molecule has 0 spiro atoms. The van der Waals surface area contributed by atoms with Gasteiger partial charge in [-0.05, 0) is 12.8 Å². The molecule has 9 heteroatoms. The maximum atomic E-state index is 12.3. The van der Waals surface area contributed by atoms with Gasteiger partial charge in [0.25, 0.3) is 10.2 Å². The minimum absolute atomic E-state index is 0. The van der Waals surface area contributed by atoms with Crippen molar-refractivity contribution in [3.05, 3.63) is 0 Å². The van der Waals surface area contributed by atoms with Gasteiger partial charge in [0.15, 0.2) is 0 Å². The van der Waals surface area contributed by atoms with Crippen LogP contribution in [-0.4, -0.2) is 55.2 Å². The second kappa shape index (κ2) is 5.92. The lowest BCUT2D eigenvalue weighted by Gasteiger charge is -2.37. The second-order valence-corrected chi connectivity index (χ2v) is 6.65. The average molecular weight is 313 g/mol. The molecule has 0 unspecified atom stereocenters. The van der Waals surface area contributed by atoms with Crippen LogP contribution in [-0.2, 0) is 15.0 Å². The summed E-state index contributed by atoms with van der Waals surface area (Å²) in [6.45, 7) is 1.24. The van der Waals surface area contributed by atoms with Gasteiger partial charge in [0.1, 0.15) is 0 Å². The number of piperazine rings is 1. The number of carbonyl (C=O) groups is 1. The fourth-order valence-corrected chi connectivity index (χ4v) is 3.35. The predicted molar refractivity (Wildman–Crippen MR) is 73.9 cm³/mol. The van der Waals surface area contributed by atoms with Crippen LogP contribution in [0.1, 0.15) is 25.7 Å². The molecule has 0 aromatic heterocycles. The molecule has 1 heterocycles. The van der Waals surface area contributed by atoms with Crippen molar-refractivity contribution in [1.82, 2.24) is 9.21 Å². The van der Waals surface area contributed by atoms with Crippen LogP contribution in [0, 0.1) is 0 Å². The van der Waals surface area contributed by atoms with Crippen LogP contribution in [0.15, 0.2) is 0 Å². The molecular formula is C10H21ClN4O3S. The molecule has 1 amide bonds. The maximum Gasteiger partial charge on any atom is 0.277 e. The van der Waals surface area contributed by atoms with Gasteiger partial charge in [-0.1, -0.05) is 12.8 Å². The summed E-state index contributed by atoms with van der Waals surface area (Å²) in [5.41, 5.74) is 5.37. The Balaban J connectivity index is 0.00000180. The van der Waals surface area contributed by atoms with E-state index in [0.717, 1.165) is 25.7 Å². The normalized spacial score (nSPS) is 24.0. The predicted octanol–water partition coefficient (Wildman–Crippen LogP) is -0.973. The molecule has 4 N–H and O–H groups in total. The van der Waals surface area contributed by atoms with Crippen LogP contribution < -0.4 is 10.9 Å². The smallest absolute Gasteiger partial charge is 0.277 e. The zero-order valence-electron chi connectivity index (χ0n) is 10.7. The quantitative estimate of drug-likeness (QED) is 0.683. The zero-order valence-corrected chi connectivity index (χ0v) is 12.4. The monoisotopic (exact) mass is 312 g/mol. The molecule has 1 aliphatic heterocycles. The topological polar surface area (TPSA) is 110 Å². The molecule has 0 aromatic carbocycles. The summed E-state index contributed by atoms with van der Waals surface area (Å²) in [5.74, 6) is -0.0472. The first-order valence-corrected chi connectivity index (χ1v) is 7.69. The number of nitrogens with zero attached hydrogens (tertiary/aromatic N) is 2. The fourth-order valence-electron chi connectivity index (χ4n) is 2.68. The van der Waals surface area contributed by atoms with Gasteiger partial charge in [0.2, 0.25) is 5.91 Å². The lowest BCUT2D eigenvalue weighted by molar-refractivity contribution is -0.138. The van der Waals surface area contributed by atoms with E-state index >= 15 is 0 Å². The highest BCUT2D eigenvalue weighted by atomic mass is 35.5. The number of halogens is 1. The van der Waals surface area contributed by atoms with E-state index in [-0.39, 0.29) is 31.4 Å². The molecule has 0 radical (unpaired) electrons. The van der Waals surface area contributed by atoms with Crippen LogP contribution in [0.3, 0.4) is 0 Å². The van der Waals surface area contributed by atoms with Crippen LogP contribution in [0.2, 0.25) is 0 Å². The van der Waals surface area contributed by atoms with E-state index in [9.17, 15) is 13.2 Å². The third-order valence-corrected chi connectivity index (χ3v) is 4.89. The summed E-state index contributed by atoms with van der Waals surface area (Å²) in [7, 11) is -3.65. The summed E-state index contributed by atoms with van der Waals surface area (Å²) in [4.78, 5) is 13.9. The van der Waals surface area contributed by atoms with Crippen molar-refractivity contribution in [2.75, 3.05) is 26.2 Å². The Hall–Kier alpha value is -0.410. The maximum absolute atomic E-state index is 12.3. The summed E-state index contributed by atoms with van der Waals surface area (Å²) in [5, 5.41) is 5.05.